The lowest BCUT2D eigenvalue weighted by Crippen LogP contribution is -2.36. The van der Waals surface area contributed by atoms with Crippen molar-refractivity contribution in [3.05, 3.63) is 74.9 Å². The van der Waals surface area contributed by atoms with Crippen molar-refractivity contribution in [1.82, 2.24) is 9.97 Å². The summed E-state index contributed by atoms with van der Waals surface area (Å²) in [6.07, 6.45) is 4.48. The highest BCUT2D eigenvalue weighted by atomic mass is 79.9. The molecule has 0 amide bonds. The molecule has 7 rings (SSSR count). The van der Waals surface area contributed by atoms with E-state index < -0.39 is 0 Å². The Labute approximate surface area is 213 Å². The maximum Gasteiger partial charge on any atom is 0.212 e. The van der Waals surface area contributed by atoms with E-state index in [0.29, 0.717) is 5.92 Å². The summed E-state index contributed by atoms with van der Waals surface area (Å²) >= 11 is 11.2. The van der Waals surface area contributed by atoms with E-state index in [2.05, 4.69) is 89.0 Å². The van der Waals surface area contributed by atoms with Crippen LogP contribution < -0.4 is 4.90 Å². The van der Waals surface area contributed by atoms with Gasteiger partial charge in [-0.1, -0.05) is 72.6 Å². The molecule has 0 saturated heterocycles. The number of aromatic nitrogens is 2. The molecular formula is C29H27BrClN3. The van der Waals surface area contributed by atoms with Crippen LogP contribution in [0.3, 0.4) is 0 Å². The van der Waals surface area contributed by atoms with E-state index in [0.717, 1.165) is 57.9 Å². The average Bonchev–Trinajstić information content (AvgIpc) is 3.51. The van der Waals surface area contributed by atoms with Crippen LogP contribution in [0, 0.1) is 16.7 Å². The number of hydrogen-bond donors (Lipinski definition) is 1. The molecule has 172 valence electrons. The van der Waals surface area contributed by atoms with E-state index in [1.807, 2.05) is 6.07 Å². The number of H-pyrrole nitrogens is 1. The number of hydrogen-bond acceptors (Lipinski definition) is 2. The molecular weight excluding hydrogens is 506 g/mol. The number of nitrogens with one attached hydrogen (secondary N) is 1. The first-order chi connectivity index (χ1) is 16.3. The van der Waals surface area contributed by atoms with Gasteiger partial charge in [0.1, 0.15) is 0 Å². The van der Waals surface area contributed by atoms with Gasteiger partial charge < -0.3 is 4.98 Å². The Hall–Kier alpha value is -2.30. The highest BCUT2D eigenvalue weighted by Crippen LogP contribution is 2.70. The molecule has 3 aliphatic rings. The molecule has 2 bridgehead atoms. The summed E-state index contributed by atoms with van der Waals surface area (Å²) in [7, 11) is 0. The number of anilines is 2. The van der Waals surface area contributed by atoms with Gasteiger partial charge in [-0.3, -0.25) is 4.90 Å². The lowest BCUT2D eigenvalue weighted by atomic mass is 9.69. The fourth-order valence-corrected chi connectivity index (χ4v) is 8.20. The van der Waals surface area contributed by atoms with Crippen molar-refractivity contribution in [2.45, 2.75) is 46.5 Å². The Balaban J connectivity index is 1.57. The minimum atomic E-state index is -0.0387. The van der Waals surface area contributed by atoms with Crippen molar-refractivity contribution in [1.29, 1.82) is 0 Å². The molecule has 4 aromatic rings. The van der Waals surface area contributed by atoms with Crippen LogP contribution in [0.2, 0.25) is 0 Å². The monoisotopic (exact) mass is 531 g/mol. The van der Waals surface area contributed by atoms with Crippen LogP contribution in [-0.2, 0) is 12.8 Å². The second-order valence-corrected chi connectivity index (χ2v) is 12.2. The molecule has 1 fully saturated rings. The van der Waals surface area contributed by atoms with Crippen LogP contribution >= 0.6 is 27.5 Å². The maximum absolute atomic E-state index is 7.29. The van der Waals surface area contributed by atoms with Gasteiger partial charge in [-0.15, -0.1) is 0 Å². The Morgan fingerprint density at radius 3 is 2.44 bits per heavy atom. The van der Waals surface area contributed by atoms with Crippen LogP contribution in [0.4, 0.5) is 11.6 Å². The van der Waals surface area contributed by atoms with Crippen molar-refractivity contribution in [3.8, 4) is 0 Å². The number of aromatic amines is 1. The normalized spacial score (nSPS) is 24.7. The zero-order valence-electron chi connectivity index (χ0n) is 19.7. The van der Waals surface area contributed by atoms with Gasteiger partial charge in [-0.25, -0.2) is 4.98 Å². The second kappa shape index (κ2) is 6.89. The fourth-order valence-electron chi connectivity index (χ4n) is 6.99. The minimum Gasteiger partial charge on any atom is -0.323 e. The van der Waals surface area contributed by atoms with Gasteiger partial charge in [-0.2, -0.15) is 0 Å². The van der Waals surface area contributed by atoms with Gasteiger partial charge in [0, 0.05) is 31.9 Å². The first kappa shape index (κ1) is 21.0. The quantitative estimate of drug-likeness (QED) is 0.286. The zero-order valence-corrected chi connectivity index (χ0v) is 22.0. The molecule has 0 spiro atoms. The smallest absolute Gasteiger partial charge is 0.212 e. The molecule has 34 heavy (non-hydrogen) atoms. The van der Waals surface area contributed by atoms with Gasteiger partial charge >= 0.3 is 0 Å². The molecule has 2 atom stereocenters. The maximum atomic E-state index is 7.29. The molecule has 1 N–H and O–H groups in total. The minimum absolute atomic E-state index is 0.0387. The molecule has 0 radical (unpaired) electrons. The molecule has 1 heterocycles. The van der Waals surface area contributed by atoms with E-state index in [1.165, 1.54) is 27.6 Å². The summed E-state index contributed by atoms with van der Waals surface area (Å²) in [5.41, 5.74) is 7.27. The predicted molar refractivity (Wildman–Crippen MR) is 145 cm³/mol. The topological polar surface area (TPSA) is 31.9 Å². The van der Waals surface area contributed by atoms with Crippen LogP contribution in [0.1, 0.15) is 44.7 Å². The lowest BCUT2D eigenvalue weighted by molar-refractivity contribution is 0.169. The summed E-state index contributed by atoms with van der Waals surface area (Å²) in [4.78, 5) is 11.1. The lowest BCUT2D eigenvalue weighted by Gasteiger charge is -2.41. The van der Waals surface area contributed by atoms with Crippen LogP contribution in [0.5, 0.6) is 0 Å². The molecule has 1 saturated carbocycles. The van der Waals surface area contributed by atoms with E-state index in [4.69, 9.17) is 16.6 Å². The van der Waals surface area contributed by atoms with Crippen LogP contribution in [0.25, 0.3) is 21.8 Å². The van der Waals surface area contributed by atoms with Gasteiger partial charge in [0.2, 0.25) is 5.95 Å². The fraction of sp³-hybridized carbons (Fsp3) is 0.345. The van der Waals surface area contributed by atoms with Gasteiger partial charge in [0.25, 0.3) is 0 Å². The van der Waals surface area contributed by atoms with E-state index in [1.54, 1.807) is 0 Å². The molecule has 5 heteroatoms. The number of allylic oxidation sites excluding steroid dienone is 2. The molecule has 3 nitrogen and oxygen atoms in total. The average molecular weight is 533 g/mol. The van der Waals surface area contributed by atoms with Crippen molar-refractivity contribution in [2.75, 3.05) is 4.90 Å². The molecule has 2 unspecified atom stereocenters. The number of benzene rings is 3. The number of para-hydroxylation sites is 2. The van der Waals surface area contributed by atoms with E-state index >= 15 is 0 Å². The van der Waals surface area contributed by atoms with Crippen LogP contribution in [-0.4, -0.2) is 9.97 Å². The number of fused-ring (bicyclic) bond motifs is 3. The Morgan fingerprint density at radius 1 is 1.00 bits per heavy atom. The number of imidazole rings is 1. The second-order valence-electron chi connectivity index (χ2n) is 11.0. The van der Waals surface area contributed by atoms with Crippen LogP contribution in [0.15, 0.2) is 63.7 Å². The third-order valence-corrected chi connectivity index (χ3v) is 10.4. The van der Waals surface area contributed by atoms with Crippen molar-refractivity contribution in [2.24, 2.45) is 16.7 Å². The summed E-state index contributed by atoms with van der Waals surface area (Å²) < 4.78 is 1.12. The van der Waals surface area contributed by atoms with Gasteiger partial charge in [-0.05, 0) is 71.9 Å². The third-order valence-electron chi connectivity index (χ3n) is 9.26. The molecule has 0 aliphatic heterocycles. The Morgan fingerprint density at radius 2 is 1.74 bits per heavy atom. The highest BCUT2D eigenvalue weighted by Gasteiger charge is 2.62. The molecule has 3 aliphatic carbocycles. The third kappa shape index (κ3) is 2.51. The summed E-state index contributed by atoms with van der Waals surface area (Å²) in [5.74, 6) is 1.21. The number of rotatable bonds is 3. The number of aryl methyl sites for hydroxylation is 2. The van der Waals surface area contributed by atoms with Crippen molar-refractivity contribution >= 4 is 61.0 Å². The summed E-state index contributed by atoms with van der Waals surface area (Å²) in [6.45, 7) is 7.18. The van der Waals surface area contributed by atoms with Gasteiger partial charge in [0.05, 0.1) is 16.7 Å². The summed E-state index contributed by atoms with van der Waals surface area (Å²) in [5, 5.41) is 3.64. The Kier molecular flexibility index (Phi) is 4.26. The predicted octanol–water partition coefficient (Wildman–Crippen LogP) is 8.62. The van der Waals surface area contributed by atoms with Crippen molar-refractivity contribution in [3.63, 3.8) is 0 Å². The zero-order chi connectivity index (χ0) is 23.4. The van der Waals surface area contributed by atoms with Gasteiger partial charge in [0.15, 0.2) is 0 Å². The molecule has 3 aromatic carbocycles. The first-order valence-electron chi connectivity index (χ1n) is 12.2. The highest BCUT2D eigenvalue weighted by molar-refractivity contribution is 9.10. The SMILES string of the molecule is CC12CCC(C(Cl)=C1N(c1nc3ccccc3[nH]1)c1ccc3c4c(ccc(Br)c14)CC3)C2(C)C. The van der Waals surface area contributed by atoms with Crippen molar-refractivity contribution < 1.29 is 0 Å². The standard InChI is InChI=1S/C29H27BrClN3/c1-28(2)18-14-15-29(28,3)26(25(18)31)34(27-32-20-6-4-5-7-21(20)33-27)22-13-11-17-9-8-16-10-12-19(30)24(22)23(16)17/h4-7,10-13,18H,8-9,14-15H2,1-3H3,(H,32,33). The Bertz CT molecular complexity index is 1500. The molecule has 1 aromatic heterocycles. The number of halogens is 2. The van der Waals surface area contributed by atoms with E-state index in [-0.39, 0.29) is 10.8 Å². The number of nitrogens with zero attached hydrogens (tertiary/aromatic N) is 2. The summed E-state index contributed by atoms with van der Waals surface area (Å²) in [6, 6.07) is 17.3. The van der Waals surface area contributed by atoms with E-state index in [9.17, 15) is 0 Å². The largest absolute Gasteiger partial charge is 0.323 e. The first-order valence-corrected chi connectivity index (χ1v) is 13.4.